The summed E-state index contributed by atoms with van der Waals surface area (Å²) in [6, 6.07) is 2.78. The van der Waals surface area contributed by atoms with Gasteiger partial charge in [-0.2, -0.15) is 5.26 Å². The van der Waals surface area contributed by atoms with Gasteiger partial charge in [0.1, 0.15) is 12.1 Å². The van der Waals surface area contributed by atoms with Crippen LogP contribution >= 0.6 is 0 Å². The van der Waals surface area contributed by atoms with Gasteiger partial charge in [0.15, 0.2) is 0 Å². The highest BCUT2D eigenvalue weighted by Gasteiger charge is 2.10. The number of nitrogens with two attached hydrogens (primary N) is 1. The average molecular weight is 205 g/mol. The van der Waals surface area contributed by atoms with Crippen molar-refractivity contribution in [3.63, 3.8) is 0 Å². The van der Waals surface area contributed by atoms with Gasteiger partial charge in [-0.1, -0.05) is 0 Å². The molecule has 0 radical (unpaired) electrons. The number of nitrogens with zero attached hydrogens (tertiary/aromatic N) is 2. The minimum absolute atomic E-state index is 0.339. The number of aromatic nitrogens is 1. The topological polar surface area (TPSA) is 100 Å². The number of aryl methyl sites for hydroxylation is 1. The summed E-state index contributed by atoms with van der Waals surface area (Å²) in [7, 11) is 0. The van der Waals surface area contributed by atoms with Crippen molar-refractivity contribution in [2.75, 3.05) is 0 Å². The van der Waals surface area contributed by atoms with Gasteiger partial charge in [-0.15, -0.1) is 0 Å². The standard InChI is InChI=1S/C10H11N3O2/c11-4-8-3-7(5-13-6-8)1-2-9(12)10(14)15/h3,5-6,9H,1-2,12H2,(H,14,15). The number of nitriles is 1. The maximum atomic E-state index is 10.5. The molecule has 3 N–H and O–H groups in total. The second-order valence-corrected chi connectivity index (χ2v) is 3.18. The van der Waals surface area contributed by atoms with E-state index in [1.165, 1.54) is 6.20 Å². The molecule has 15 heavy (non-hydrogen) atoms. The Hall–Kier alpha value is -1.93. The Kier molecular flexibility index (Phi) is 3.77. The van der Waals surface area contributed by atoms with Crippen LogP contribution in [0.2, 0.25) is 0 Å². The zero-order valence-electron chi connectivity index (χ0n) is 8.05. The van der Waals surface area contributed by atoms with Crippen LogP contribution in [0.15, 0.2) is 18.5 Å². The van der Waals surface area contributed by atoms with Crippen molar-refractivity contribution in [1.82, 2.24) is 4.98 Å². The van der Waals surface area contributed by atoms with Crippen molar-refractivity contribution in [3.8, 4) is 6.07 Å². The summed E-state index contributed by atoms with van der Waals surface area (Å²) in [6.45, 7) is 0. The Balaban J connectivity index is 2.58. The number of pyridine rings is 1. The molecule has 1 unspecified atom stereocenters. The maximum absolute atomic E-state index is 10.5. The fourth-order valence-corrected chi connectivity index (χ4v) is 1.13. The van der Waals surface area contributed by atoms with Crippen molar-refractivity contribution in [2.45, 2.75) is 18.9 Å². The van der Waals surface area contributed by atoms with Crippen LogP contribution in [0.1, 0.15) is 17.5 Å². The molecule has 0 saturated carbocycles. The number of rotatable bonds is 4. The lowest BCUT2D eigenvalue weighted by Crippen LogP contribution is -2.30. The second-order valence-electron chi connectivity index (χ2n) is 3.18. The Morgan fingerprint density at radius 1 is 1.67 bits per heavy atom. The van der Waals surface area contributed by atoms with Crippen LogP contribution in [0.3, 0.4) is 0 Å². The van der Waals surface area contributed by atoms with Crippen LogP contribution in [0.5, 0.6) is 0 Å². The van der Waals surface area contributed by atoms with Gasteiger partial charge in [0.05, 0.1) is 5.56 Å². The van der Waals surface area contributed by atoms with E-state index in [9.17, 15) is 4.79 Å². The number of hydrogen-bond acceptors (Lipinski definition) is 4. The third kappa shape index (κ3) is 3.37. The zero-order chi connectivity index (χ0) is 11.3. The minimum Gasteiger partial charge on any atom is -0.480 e. The molecular weight excluding hydrogens is 194 g/mol. The Bertz CT molecular complexity index is 398. The van der Waals surface area contributed by atoms with Gasteiger partial charge >= 0.3 is 5.97 Å². The molecule has 1 atom stereocenters. The SMILES string of the molecule is N#Cc1cncc(CCC(N)C(=O)O)c1. The summed E-state index contributed by atoms with van der Waals surface area (Å²) in [4.78, 5) is 14.3. The third-order valence-corrected chi connectivity index (χ3v) is 1.99. The van der Waals surface area contributed by atoms with Crippen molar-refractivity contribution < 1.29 is 9.90 Å². The van der Waals surface area contributed by atoms with Gasteiger partial charge in [-0.3, -0.25) is 9.78 Å². The van der Waals surface area contributed by atoms with E-state index in [1.54, 1.807) is 12.3 Å². The summed E-state index contributed by atoms with van der Waals surface area (Å²) in [6.07, 6.45) is 3.91. The molecule has 0 aliphatic carbocycles. The molecule has 1 aromatic rings. The second kappa shape index (κ2) is 5.08. The summed E-state index contributed by atoms with van der Waals surface area (Å²) in [5, 5.41) is 17.2. The molecule has 78 valence electrons. The van der Waals surface area contributed by atoms with Crippen molar-refractivity contribution in [3.05, 3.63) is 29.6 Å². The first-order valence-corrected chi connectivity index (χ1v) is 4.46. The number of hydrogen-bond donors (Lipinski definition) is 2. The first-order chi connectivity index (χ1) is 7.13. The van der Waals surface area contributed by atoms with E-state index in [1.807, 2.05) is 6.07 Å². The first kappa shape index (κ1) is 11.1. The molecule has 5 heteroatoms. The number of carboxylic acids is 1. The van der Waals surface area contributed by atoms with Gasteiger partial charge in [-0.25, -0.2) is 0 Å². The summed E-state index contributed by atoms with van der Waals surface area (Å²) in [5.41, 5.74) is 6.64. The fourth-order valence-electron chi connectivity index (χ4n) is 1.13. The van der Waals surface area contributed by atoms with Crippen LogP contribution in [0.25, 0.3) is 0 Å². The molecule has 0 aromatic carbocycles. The van der Waals surface area contributed by atoms with Gasteiger partial charge in [0.25, 0.3) is 0 Å². The molecule has 0 bridgehead atoms. The van der Waals surface area contributed by atoms with Gasteiger partial charge in [-0.05, 0) is 24.5 Å². The lowest BCUT2D eigenvalue weighted by atomic mass is 10.1. The fraction of sp³-hybridized carbons (Fsp3) is 0.300. The smallest absolute Gasteiger partial charge is 0.320 e. The van der Waals surface area contributed by atoms with Crippen LogP contribution in [-0.2, 0) is 11.2 Å². The normalized spacial score (nSPS) is 11.7. The third-order valence-electron chi connectivity index (χ3n) is 1.99. The zero-order valence-corrected chi connectivity index (χ0v) is 8.05. The van der Waals surface area contributed by atoms with Crippen LogP contribution in [0, 0.1) is 11.3 Å². The molecule has 1 rings (SSSR count). The predicted molar refractivity (Wildman–Crippen MR) is 52.9 cm³/mol. The number of carbonyl (C=O) groups is 1. The van der Waals surface area contributed by atoms with Gasteiger partial charge in [0, 0.05) is 12.4 Å². The molecular formula is C10H11N3O2. The molecule has 0 amide bonds. The van der Waals surface area contributed by atoms with E-state index < -0.39 is 12.0 Å². The summed E-state index contributed by atoms with van der Waals surface area (Å²) in [5.74, 6) is -1.01. The van der Waals surface area contributed by atoms with E-state index in [0.29, 0.717) is 18.4 Å². The first-order valence-electron chi connectivity index (χ1n) is 4.46. The maximum Gasteiger partial charge on any atom is 0.320 e. The average Bonchev–Trinajstić information content (AvgIpc) is 2.26. The molecule has 0 saturated heterocycles. The van der Waals surface area contributed by atoms with Crippen molar-refractivity contribution >= 4 is 5.97 Å². The minimum atomic E-state index is -1.01. The number of aliphatic carboxylic acids is 1. The Labute approximate surface area is 87.2 Å². The van der Waals surface area contributed by atoms with Gasteiger partial charge < -0.3 is 10.8 Å². The van der Waals surface area contributed by atoms with E-state index in [-0.39, 0.29) is 0 Å². The monoisotopic (exact) mass is 205 g/mol. The van der Waals surface area contributed by atoms with E-state index >= 15 is 0 Å². The molecule has 0 fully saturated rings. The van der Waals surface area contributed by atoms with Gasteiger partial charge in [0.2, 0.25) is 0 Å². The highest BCUT2D eigenvalue weighted by Crippen LogP contribution is 2.05. The Morgan fingerprint density at radius 3 is 3.00 bits per heavy atom. The van der Waals surface area contributed by atoms with Crippen LogP contribution in [0.4, 0.5) is 0 Å². The molecule has 1 aromatic heterocycles. The summed E-state index contributed by atoms with van der Waals surface area (Å²) < 4.78 is 0. The predicted octanol–water partition coefficient (Wildman–Crippen LogP) is 0.298. The molecule has 1 heterocycles. The molecule has 0 aliphatic rings. The van der Waals surface area contributed by atoms with Crippen molar-refractivity contribution in [1.29, 1.82) is 5.26 Å². The summed E-state index contributed by atoms with van der Waals surface area (Å²) >= 11 is 0. The lowest BCUT2D eigenvalue weighted by Gasteiger charge is -2.05. The van der Waals surface area contributed by atoms with E-state index in [2.05, 4.69) is 4.98 Å². The van der Waals surface area contributed by atoms with E-state index in [0.717, 1.165) is 5.56 Å². The van der Waals surface area contributed by atoms with Crippen LogP contribution < -0.4 is 5.73 Å². The molecule has 5 nitrogen and oxygen atoms in total. The number of carboxylic acid groups (broad SMARTS) is 1. The molecule has 0 aliphatic heterocycles. The largest absolute Gasteiger partial charge is 0.480 e. The lowest BCUT2D eigenvalue weighted by molar-refractivity contribution is -0.138. The highest BCUT2D eigenvalue weighted by molar-refractivity contribution is 5.73. The van der Waals surface area contributed by atoms with E-state index in [4.69, 9.17) is 16.1 Å². The quantitative estimate of drug-likeness (QED) is 0.736. The van der Waals surface area contributed by atoms with Crippen LogP contribution in [-0.4, -0.2) is 22.1 Å². The molecule has 0 spiro atoms. The highest BCUT2D eigenvalue weighted by atomic mass is 16.4. The Morgan fingerprint density at radius 2 is 2.40 bits per heavy atom. The van der Waals surface area contributed by atoms with Crippen molar-refractivity contribution in [2.24, 2.45) is 5.73 Å².